The third-order valence-electron chi connectivity index (χ3n) is 4.12. The Hall–Kier alpha value is -1.64. The second-order valence-electron chi connectivity index (χ2n) is 6.01. The summed E-state index contributed by atoms with van der Waals surface area (Å²) in [7, 11) is 1.73. The molecule has 0 aliphatic carbocycles. The molecule has 0 unspecified atom stereocenters. The number of fused-ring (bicyclic) bond motifs is 1. The fraction of sp³-hybridized carbons (Fsp3) is 0.105. The van der Waals surface area contributed by atoms with Crippen molar-refractivity contribution in [2.75, 3.05) is 0 Å². The standard InChI is InChI=1S/C19H13Cl2N3OS3/c1-23-17(25)15-16(22-18(23)27-10-11-3-2-4-13(21)9-11)24(19(26)28-15)14-7-5-12(20)6-8-14/h2-9H,10H2,1H3. The van der Waals surface area contributed by atoms with E-state index in [1.807, 2.05) is 41.0 Å². The van der Waals surface area contributed by atoms with Crippen LogP contribution < -0.4 is 5.56 Å². The van der Waals surface area contributed by atoms with Gasteiger partial charge >= 0.3 is 0 Å². The molecular weight excluding hydrogens is 453 g/mol. The van der Waals surface area contributed by atoms with Gasteiger partial charge in [0.15, 0.2) is 14.8 Å². The Morgan fingerprint density at radius 3 is 2.61 bits per heavy atom. The van der Waals surface area contributed by atoms with Crippen molar-refractivity contribution in [3.8, 4) is 5.69 Å². The summed E-state index contributed by atoms with van der Waals surface area (Å²) < 4.78 is 4.49. The van der Waals surface area contributed by atoms with Crippen LogP contribution in [-0.2, 0) is 12.8 Å². The molecule has 4 rings (SSSR count). The highest BCUT2D eigenvalue weighted by Gasteiger charge is 2.16. The summed E-state index contributed by atoms with van der Waals surface area (Å²) in [5, 5.41) is 1.94. The van der Waals surface area contributed by atoms with Crippen LogP contribution in [-0.4, -0.2) is 14.1 Å². The zero-order valence-electron chi connectivity index (χ0n) is 14.6. The van der Waals surface area contributed by atoms with Gasteiger partial charge in [-0.05, 0) is 54.2 Å². The summed E-state index contributed by atoms with van der Waals surface area (Å²) in [4.78, 5) is 17.6. The number of thioether (sulfide) groups is 1. The van der Waals surface area contributed by atoms with Crippen LogP contribution in [0.4, 0.5) is 0 Å². The van der Waals surface area contributed by atoms with Gasteiger partial charge in [0.1, 0.15) is 4.70 Å². The molecule has 0 radical (unpaired) electrons. The summed E-state index contributed by atoms with van der Waals surface area (Å²) in [6.45, 7) is 0. The van der Waals surface area contributed by atoms with E-state index in [9.17, 15) is 4.79 Å². The molecule has 2 aromatic carbocycles. The lowest BCUT2D eigenvalue weighted by Gasteiger charge is -2.09. The minimum Gasteiger partial charge on any atom is -0.289 e. The van der Waals surface area contributed by atoms with Crippen molar-refractivity contribution < 1.29 is 0 Å². The monoisotopic (exact) mass is 465 g/mol. The number of rotatable bonds is 4. The van der Waals surface area contributed by atoms with Gasteiger partial charge in [0.2, 0.25) is 0 Å². The smallest absolute Gasteiger partial charge is 0.273 e. The highest BCUT2D eigenvalue weighted by molar-refractivity contribution is 7.98. The topological polar surface area (TPSA) is 39.8 Å². The van der Waals surface area contributed by atoms with Crippen LogP contribution in [0.5, 0.6) is 0 Å². The predicted octanol–water partition coefficient (Wildman–Crippen LogP) is 6.11. The van der Waals surface area contributed by atoms with Gasteiger partial charge in [-0.15, -0.1) is 0 Å². The van der Waals surface area contributed by atoms with Crippen molar-refractivity contribution in [2.45, 2.75) is 10.9 Å². The predicted molar refractivity (Wildman–Crippen MR) is 121 cm³/mol. The Morgan fingerprint density at radius 1 is 1.14 bits per heavy atom. The fourth-order valence-electron chi connectivity index (χ4n) is 2.73. The molecule has 0 spiro atoms. The largest absolute Gasteiger partial charge is 0.289 e. The van der Waals surface area contributed by atoms with E-state index in [1.165, 1.54) is 23.1 Å². The molecule has 28 heavy (non-hydrogen) atoms. The van der Waals surface area contributed by atoms with E-state index in [0.29, 0.717) is 35.3 Å². The summed E-state index contributed by atoms with van der Waals surface area (Å²) in [6.07, 6.45) is 0. The van der Waals surface area contributed by atoms with E-state index in [2.05, 4.69) is 0 Å². The molecule has 4 aromatic rings. The molecule has 4 nitrogen and oxygen atoms in total. The molecule has 142 valence electrons. The first-order valence-corrected chi connectivity index (χ1v) is 11.2. The minimum atomic E-state index is -0.109. The average Bonchev–Trinajstić information content (AvgIpc) is 3.00. The molecule has 0 fully saturated rings. The second-order valence-corrected chi connectivity index (χ2v) is 9.47. The van der Waals surface area contributed by atoms with Crippen molar-refractivity contribution in [2.24, 2.45) is 7.05 Å². The molecule has 0 aliphatic rings. The maximum absolute atomic E-state index is 12.9. The molecular formula is C19H13Cl2N3OS3. The number of benzene rings is 2. The van der Waals surface area contributed by atoms with Crippen molar-refractivity contribution in [3.63, 3.8) is 0 Å². The van der Waals surface area contributed by atoms with Crippen LogP contribution in [0.25, 0.3) is 16.0 Å². The number of hydrogen-bond acceptors (Lipinski definition) is 5. The fourth-order valence-corrected chi connectivity index (χ4v) is 5.33. The van der Waals surface area contributed by atoms with Gasteiger partial charge in [0, 0.05) is 28.5 Å². The zero-order valence-corrected chi connectivity index (χ0v) is 18.5. The first-order valence-electron chi connectivity index (χ1n) is 8.20. The average molecular weight is 466 g/mol. The number of thiazole rings is 1. The maximum Gasteiger partial charge on any atom is 0.273 e. The summed E-state index contributed by atoms with van der Waals surface area (Å²) in [5.74, 6) is 0.651. The van der Waals surface area contributed by atoms with Crippen molar-refractivity contribution in [1.82, 2.24) is 14.1 Å². The maximum atomic E-state index is 12.9. The van der Waals surface area contributed by atoms with E-state index < -0.39 is 0 Å². The van der Waals surface area contributed by atoms with E-state index in [4.69, 9.17) is 40.4 Å². The quantitative estimate of drug-likeness (QED) is 0.207. The number of hydrogen-bond donors (Lipinski definition) is 0. The molecule has 0 saturated heterocycles. The lowest BCUT2D eigenvalue weighted by atomic mass is 10.2. The number of nitrogens with zero attached hydrogens (tertiary/aromatic N) is 3. The zero-order chi connectivity index (χ0) is 19.8. The van der Waals surface area contributed by atoms with Gasteiger partial charge < -0.3 is 0 Å². The number of halogens is 2. The summed E-state index contributed by atoms with van der Waals surface area (Å²) in [5.41, 5.74) is 2.34. The van der Waals surface area contributed by atoms with Crippen molar-refractivity contribution in [1.29, 1.82) is 0 Å². The van der Waals surface area contributed by atoms with Gasteiger partial charge in [0.25, 0.3) is 5.56 Å². The molecule has 0 aliphatic heterocycles. The molecule has 0 bridgehead atoms. The Balaban J connectivity index is 1.81. The van der Waals surface area contributed by atoms with Crippen molar-refractivity contribution >= 4 is 68.9 Å². The van der Waals surface area contributed by atoms with E-state index in [0.717, 1.165) is 11.3 Å². The molecule has 0 amide bonds. The molecule has 2 heterocycles. The van der Waals surface area contributed by atoms with Crippen LogP contribution in [0.2, 0.25) is 10.0 Å². The van der Waals surface area contributed by atoms with Crippen LogP contribution in [0.3, 0.4) is 0 Å². The van der Waals surface area contributed by atoms with Crippen molar-refractivity contribution in [3.05, 3.63) is 78.4 Å². The van der Waals surface area contributed by atoms with Gasteiger partial charge in [-0.2, -0.15) is 0 Å². The molecule has 9 heteroatoms. The van der Waals surface area contributed by atoms with Gasteiger partial charge in [-0.1, -0.05) is 58.4 Å². The second kappa shape index (κ2) is 8.00. The third-order valence-corrected chi connectivity index (χ3v) is 7.06. The van der Waals surface area contributed by atoms with Crippen LogP contribution in [0, 0.1) is 3.95 Å². The Kier molecular flexibility index (Phi) is 5.62. The minimum absolute atomic E-state index is 0.109. The lowest BCUT2D eigenvalue weighted by molar-refractivity contribution is 0.722. The first kappa shape index (κ1) is 19.7. The molecule has 0 atom stereocenters. The third kappa shape index (κ3) is 3.77. The molecule has 0 saturated carbocycles. The van der Waals surface area contributed by atoms with E-state index in [-0.39, 0.29) is 5.56 Å². The number of aromatic nitrogens is 3. The molecule has 0 N–H and O–H groups in total. The van der Waals surface area contributed by atoms with Gasteiger partial charge in [-0.25, -0.2) is 4.98 Å². The van der Waals surface area contributed by atoms with Gasteiger partial charge in [0.05, 0.1) is 0 Å². The van der Waals surface area contributed by atoms with Crippen LogP contribution in [0.15, 0.2) is 58.5 Å². The van der Waals surface area contributed by atoms with E-state index in [1.54, 1.807) is 23.7 Å². The Labute approximate surface area is 184 Å². The van der Waals surface area contributed by atoms with E-state index >= 15 is 0 Å². The Morgan fingerprint density at radius 2 is 1.89 bits per heavy atom. The normalized spacial score (nSPS) is 11.2. The highest BCUT2D eigenvalue weighted by Crippen LogP contribution is 2.27. The Bertz CT molecular complexity index is 1290. The van der Waals surface area contributed by atoms with Crippen LogP contribution >= 0.6 is 58.5 Å². The molecule has 2 aromatic heterocycles. The lowest BCUT2D eigenvalue weighted by Crippen LogP contribution is -2.19. The van der Waals surface area contributed by atoms with Gasteiger partial charge in [-0.3, -0.25) is 13.9 Å². The first-order chi connectivity index (χ1) is 13.4. The summed E-state index contributed by atoms with van der Waals surface area (Å²) >= 11 is 20.3. The van der Waals surface area contributed by atoms with Crippen LogP contribution in [0.1, 0.15) is 5.56 Å². The summed E-state index contributed by atoms with van der Waals surface area (Å²) in [6, 6.07) is 15.0. The SMILES string of the molecule is Cn1c(SCc2cccc(Cl)c2)nc2c(sc(=S)n2-c2ccc(Cl)cc2)c1=O. The highest BCUT2D eigenvalue weighted by atomic mass is 35.5.